The van der Waals surface area contributed by atoms with E-state index in [0.29, 0.717) is 38.7 Å². The van der Waals surface area contributed by atoms with Gasteiger partial charge >= 0.3 is 76.6 Å². The van der Waals surface area contributed by atoms with E-state index in [-0.39, 0.29) is 136 Å². The normalized spacial score (nSPS) is 10.4. The van der Waals surface area contributed by atoms with Crippen LogP contribution in [0, 0.1) is 6.92 Å². The molecule has 0 rings (SSSR count). The molecule has 0 unspecified atom stereocenters. The maximum absolute atomic E-state index is 11.8. The van der Waals surface area contributed by atoms with Crippen LogP contribution in [0.25, 0.3) is 0 Å². The van der Waals surface area contributed by atoms with E-state index in [4.69, 9.17) is 11.6 Å². The molecule has 0 bridgehead atoms. The number of carbonyl (C=O) groups is 4. The zero-order chi connectivity index (χ0) is 37.4. The van der Waals surface area contributed by atoms with Crippen molar-refractivity contribution in [1.29, 1.82) is 0 Å². The Bertz CT molecular complexity index is 823. The summed E-state index contributed by atoms with van der Waals surface area (Å²) in [6, 6.07) is 0. The summed E-state index contributed by atoms with van der Waals surface area (Å²) in [5.41, 5.74) is 0. The first-order chi connectivity index (χ1) is 21.6. The number of hydrogen-bond acceptors (Lipinski definition) is 6. The van der Waals surface area contributed by atoms with Gasteiger partial charge in [0.25, 0.3) is 0 Å². The van der Waals surface area contributed by atoms with Gasteiger partial charge in [-0.1, -0.05) is 35.2 Å². The smallest absolute Gasteiger partial charge is 1.00 e. The minimum Gasteiger partial charge on any atom is -1.00 e. The topological polar surface area (TPSA) is 86.7 Å². The number of unbranched alkanes of at least 4 members (excludes halogenated alkanes) is 6. The molecule has 0 aliphatic heterocycles. The van der Waals surface area contributed by atoms with Crippen LogP contribution in [-0.4, -0.2) is 106 Å². The average Bonchev–Trinajstić information content (AvgIpc) is 2.93. The Morgan fingerprint density at radius 1 is 0.600 bits per heavy atom. The van der Waals surface area contributed by atoms with Gasteiger partial charge in [-0.2, -0.15) is 45.9 Å². The fraction of sp³-hybridized carbons (Fsp3) is 0.833. The minimum absolute atomic E-state index is 0. The van der Waals surface area contributed by atoms with Gasteiger partial charge in [0.1, 0.15) is 5.78 Å². The fourth-order valence-corrected chi connectivity index (χ4v) is 3.45. The third-order valence-electron chi connectivity index (χ3n) is 5.21. The van der Waals surface area contributed by atoms with Gasteiger partial charge in [-0.05, 0) is 57.6 Å². The van der Waals surface area contributed by atoms with Crippen LogP contribution in [0.15, 0.2) is 0 Å². The molecule has 0 aromatic heterocycles. The van der Waals surface area contributed by atoms with Gasteiger partial charge in [-0.25, -0.2) is 0 Å². The van der Waals surface area contributed by atoms with Gasteiger partial charge in [0.2, 0.25) is 5.24 Å². The summed E-state index contributed by atoms with van der Waals surface area (Å²) in [7, 11) is 0. The van der Waals surface area contributed by atoms with Crippen molar-refractivity contribution >= 4 is 96.6 Å². The molecule has 294 valence electrons. The van der Waals surface area contributed by atoms with Gasteiger partial charge in [0.15, 0.2) is 0 Å². The van der Waals surface area contributed by atoms with Crippen LogP contribution in [-0.2, 0) is 28.7 Å². The Balaban J connectivity index is -0.0000000685. The second kappa shape index (κ2) is 42.2. The summed E-state index contributed by atoms with van der Waals surface area (Å²) in [6.07, 6.45) is -9.64. The minimum atomic E-state index is -4.12. The predicted octanol–water partition coefficient (Wildman–Crippen LogP) is 7.42. The fourth-order valence-electron chi connectivity index (χ4n) is 2.96. The van der Waals surface area contributed by atoms with E-state index in [2.05, 4.69) is 32.3 Å². The Morgan fingerprint density at radius 2 is 0.960 bits per heavy atom. The molecule has 0 aromatic rings. The summed E-state index contributed by atoms with van der Waals surface area (Å²) >= 11 is 8.12. The van der Waals surface area contributed by atoms with Crippen molar-refractivity contribution in [3.63, 3.8) is 0 Å². The molecule has 0 aromatic carbocycles. The van der Waals surface area contributed by atoms with E-state index in [1.165, 1.54) is 0 Å². The number of hydrogen-bond donors (Lipinski definition) is 0. The third kappa shape index (κ3) is 73.8. The molecule has 0 saturated heterocycles. The molecular formula is C30H50Br2ClF9Mg2O6. The molecule has 0 amide bonds. The van der Waals surface area contributed by atoms with Crippen molar-refractivity contribution in [1.82, 2.24) is 0 Å². The summed E-state index contributed by atoms with van der Waals surface area (Å²) in [4.78, 5) is 42.8. The van der Waals surface area contributed by atoms with E-state index in [0.717, 1.165) is 11.8 Å². The molecule has 0 aliphatic carbocycles. The van der Waals surface area contributed by atoms with Gasteiger partial charge in [-0.3, -0.25) is 19.2 Å². The van der Waals surface area contributed by atoms with E-state index >= 15 is 0 Å². The standard InChI is InChI=1S/C12H19F3O3.C6H10BrF3.C6H9ClO3.C6H10F3.BrH.2Mg.2H/c1-2-18-11(17)8-7-10(16)6-4-3-5-9-12(13,14)15;7-5-3-1-2-4-6(8,9)10;1-2-10-6(9)4-3-5(7)8;1-2-3-4-5-6(7,8)9;;;;;/h2-9H2,1H3;1-5H2;2-4H2,1H3;1-5H2;1H;;;;/q;;;-1;;2*+2;2*-1/p-1. The van der Waals surface area contributed by atoms with Crippen molar-refractivity contribution < 1.29 is 88.0 Å². The van der Waals surface area contributed by atoms with Crippen LogP contribution in [0.4, 0.5) is 39.5 Å². The quantitative estimate of drug-likeness (QED) is 0.0241. The van der Waals surface area contributed by atoms with Crippen molar-refractivity contribution in [3.05, 3.63) is 6.92 Å². The summed E-state index contributed by atoms with van der Waals surface area (Å²) < 4.78 is 113. The Hall–Kier alpha value is 0.432. The van der Waals surface area contributed by atoms with Crippen LogP contribution in [0.5, 0.6) is 0 Å². The largest absolute Gasteiger partial charge is 2.00 e. The Labute approximate surface area is 349 Å². The average molecular weight is 922 g/mol. The first-order valence-corrected chi connectivity index (χ1v) is 16.7. The molecule has 0 heterocycles. The molecule has 50 heavy (non-hydrogen) atoms. The number of carbonyl (C=O) groups excluding carboxylic acids is 4. The van der Waals surface area contributed by atoms with Crippen molar-refractivity contribution in [2.75, 3.05) is 18.5 Å². The Morgan fingerprint density at radius 3 is 1.28 bits per heavy atom. The van der Waals surface area contributed by atoms with Gasteiger partial charge in [-0.15, -0.1) is 0 Å². The molecule has 0 radical (unpaired) electrons. The Kier molecular flexibility index (Phi) is 55.1. The van der Waals surface area contributed by atoms with Crippen LogP contribution < -0.4 is 17.0 Å². The van der Waals surface area contributed by atoms with Crippen LogP contribution in [0.2, 0.25) is 0 Å². The number of ether oxygens (including phenoxy) is 2. The van der Waals surface area contributed by atoms with Gasteiger partial charge in [0.05, 0.1) is 26.1 Å². The summed E-state index contributed by atoms with van der Waals surface area (Å²) in [5, 5.41) is 0.290. The number of Topliss-reactive ketones (excluding diaryl/α,β-unsaturated/α-hetero) is 1. The van der Waals surface area contributed by atoms with Gasteiger partial charge in [0, 0.05) is 43.9 Å². The van der Waals surface area contributed by atoms with Crippen LogP contribution in [0.1, 0.15) is 126 Å². The molecule has 0 saturated carbocycles. The molecule has 0 spiro atoms. The van der Waals surface area contributed by atoms with Crippen molar-refractivity contribution in [3.8, 4) is 0 Å². The van der Waals surface area contributed by atoms with E-state index < -0.39 is 49.0 Å². The maximum Gasteiger partial charge on any atom is 2.00 e. The number of esters is 2. The number of alkyl halides is 10. The molecule has 20 heteroatoms. The first kappa shape index (κ1) is 65.3. The third-order valence-corrected chi connectivity index (χ3v) is 5.96. The molecule has 0 aliphatic rings. The predicted molar refractivity (Wildman–Crippen MR) is 179 cm³/mol. The second-order valence-electron chi connectivity index (χ2n) is 9.72. The molecule has 6 nitrogen and oxygen atoms in total. The van der Waals surface area contributed by atoms with Crippen LogP contribution in [0.3, 0.4) is 0 Å². The molecule has 0 N–H and O–H groups in total. The van der Waals surface area contributed by atoms with Crippen LogP contribution >= 0.6 is 27.5 Å². The van der Waals surface area contributed by atoms with Gasteiger partial charge < -0.3 is 36.2 Å². The number of ketones is 1. The second-order valence-corrected chi connectivity index (χ2v) is 10.9. The van der Waals surface area contributed by atoms with Crippen molar-refractivity contribution in [2.45, 2.75) is 142 Å². The first-order valence-electron chi connectivity index (χ1n) is 15.2. The van der Waals surface area contributed by atoms with Crippen molar-refractivity contribution in [2.24, 2.45) is 0 Å². The summed E-state index contributed by atoms with van der Waals surface area (Å²) in [5.74, 6) is -0.894. The zero-order valence-corrected chi connectivity index (χ0v) is 35.5. The number of rotatable bonds is 20. The van der Waals surface area contributed by atoms with E-state index in [9.17, 15) is 58.7 Å². The monoisotopic (exact) mass is 918 g/mol. The summed E-state index contributed by atoms with van der Waals surface area (Å²) in [6.45, 7) is 7.45. The van der Waals surface area contributed by atoms with E-state index in [1.807, 2.05) is 0 Å². The van der Waals surface area contributed by atoms with E-state index in [1.54, 1.807) is 13.8 Å². The molecule has 0 atom stereocenters. The molecular weight excluding hydrogens is 871 g/mol. The number of halogens is 12. The molecule has 0 fully saturated rings. The zero-order valence-electron chi connectivity index (χ0n) is 30.7. The maximum atomic E-state index is 11.8. The SMILES string of the molecule is CCOC(=O)CCC(=O)CCCCCC(F)(F)F.CCOC(=O)CCC(=O)Cl.FC(F)(F)CCCCCBr.[Br-].[CH2-]CCCCC(F)(F)F.[H-].[H-].[Mg+2].[Mg+2].